The maximum atomic E-state index is 12.3. The minimum absolute atomic E-state index is 0.0417. The third-order valence-corrected chi connectivity index (χ3v) is 4.66. The van der Waals surface area contributed by atoms with Gasteiger partial charge < -0.3 is 10.0 Å². The molecule has 1 heterocycles. The molecule has 1 amide bonds. The molecule has 0 radical (unpaired) electrons. The molecule has 0 fully saturated rings. The second-order valence-corrected chi connectivity index (χ2v) is 6.34. The summed E-state index contributed by atoms with van der Waals surface area (Å²) in [5, 5.41) is 9.74. The van der Waals surface area contributed by atoms with Gasteiger partial charge in [-0.25, -0.2) is 4.79 Å². The Morgan fingerprint density at radius 2 is 2.09 bits per heavy atom. The van der Waals surface area contributed by atoms with Crippen molar-refractivity contribution in [3.8, 4) is 0 Å². The van der Waals surface area contributed by atoms with Crippen LogP contribution in [-0.4, -0.2) is 22.7 Å². The number of aromatic carboxylic acids is 1. The summed E-state index contributed by atoms with van der Waals surface area (Å²) in [6.07, 6.45) is 0. The van der Waals surface area contributed by atoms with E-state index in [1.54, 1.807) is 35.2 Å². The van der Waals surface area contributed by atoms with Crippen LogP contribution in [-0.2, 0) is 11.3 Å². The smallest absolute Gasteiger partial charge is 0.335 e. The zero-order valence-corrected chi connectivity index (χ0v) is 13.0. The molecule has 22 heavy (non-hydrogen) atoms. The van der Waals surface area contributed by atoms with Crippen molar-refractivity contribution in [2.24, 2.45) is 0 Å². The maximum absolute atomic E-state index is 12.3. The summed E-state index contributed by atoms with van der Waals surface area (Å²) in [6, 6.07) is 12.2. The average molecular weight is 334 g/mol. The van der Waals surface area contributed by atoms with Crippen LogP contribution in [0.1, 0.15) is 15.9 Å². The zero-order chi connectivity index (χ0) is 15.7. The molecule has 1 N–H and O–H groups in total. The Balaban J connectivity index is 1.99. The highest BCUT2D eigenvalue weighted by Crippen LogP contribution is 2.37. The Kier molecular flexibility index (Phi) is 4.09. The minimum Gasteiger partial charge on any atom is -0.478 e. The van der Waals surface area contributed by atoms with E-state index in [1.807, 2.05) is 12.1 Å². The molecule has 0 bridgehead atoms. The molecule has 0 saturated heterocycles. The summed E-state index contributed by atoms with van der Waals surface area (Å²) < 4.78 is 0. The summed E-state index contributed by atoms with van der Waals surface area (Å²) in [4.78, 5) is 25.9. The van der Waals surface area contributed by atoms with E-state index in [9.17, 15) is 9.59 Å². The predicted molar refractivity (Wildman–Crippen MR) is 86.8 cm³/mol. The number of thioether (sulfide) groups is 1. The van der Waals surface area contributed by atoms with Crippen LogP contribution in [0.2, 0.25) is 5.02 Å². The van der Waals surface area contributed by atoms with Gasteiger partial charge in [0.05, 0.1) is 23.5 Å². The molecule has 2 aromatic rings. The van der Waals surface area contributed by atoms with Crippen LogP contribution in [0.15, 0.2) is 47.4 Å². The lowest BCUT2D eigenvalue weighted by atomic mass is 10.1. The number of carbonyl (C=O) groups excluding carboxylic acids is 1. The average Bonchev–Trinajstić information content (AvgIpc) is 2.49. The van der Waals surface area contributed by atoms with Gasteiger partial charge in [0.2, 0.25) is 5.91 Å². The Bertz CT molecular complexity index is 763. The third kappa shape index (κ3) is 2.96. The van der Waals surface area contributed by atoms with Crippen molar-refractivity contribution in [2.75, 3.05) is 10.7 Å². The van der Waals surface area contributed by atoms with Gasteiger partial charge in [0.1, 0.15) is 0 Å². The van der Waals surface area contributed by atoms with Gasteiger partial charge in [-0.1, -0.05) is 23.7 Å². The number of hydrogen-bond acceptors (Lipinski definition) is 3. The quantitative estimate of drug-likeness (QED) is 0.931. The first kappa shape index (κ1) is 14.9. The molecule has 0 atom stereocenters. The van der Waals surface area contributed by atoms with Crippen LogP contribution in [0, 0.1) is 0 Å². The van der Waals surface area contributed by atoms with Crippen LogP contribution in [0.3, 0.4) is 0 Å². The molecule has 3 rings (SSSR count). The Morgan fingerprint density at radius 1 is 1.27 bits per heavy atom. The van der Waals surface area contributed by atoms with Crippen LogP contribution >= 0.6 is 23.4 Å². The number of nitrogens with zero attached hydrogens (tertiary/aromatic N) is 1. The van der Waals surface area contributed by atoms with Crippen LogP contribution in [0.4, 0.5) is 5.69 Å². The maximum Gasteiger partial charge on any atom is 0.335 e. The van der Waals surface area contributed by atoms with E-state index >= 15 is 0 Å². The number of fused-ring (bicyclic) bond motifs is 1. The summed E-state index contributed by atoms with van der Waals surface area (Å²) in [5.74, 6) is -0.700. The third-order valence-electron chi connectivity index (χ3n) is 3.38. The fourth-order valence-electron chi connectivity index (χ4n) is 2.33. The van der Waals surface area contributed by atoms with Crippen molar-refractivity contribution in [1.82, 2.24) is 0 Å². The van der Waals surface area contributed by atoms with Crippen LogP contribution < -0.4 is 4.90 Å². The Morgan fingerprint density at radius 3 is 2.82 bits per heavy atom. The number of halogens is 1. The number of carboxylic acid groups (broad SMARTS) is 1. The van der Waals surface area contributed by atoms with E-state index in [2.05, 4.69) is 0 Å². The summed E-state index contributed by atoms with van der Waals surface area (Å²) in [7, 11) is 0. The molecule has 0 aromatic heterocycles. The van der Waals surface area contributed by atoms with Gasteiger partial charge >= 0.3 is 5.97 Å². The first-order valence-electron chi connectivity index (χ1n) is 6.59. The summed E-state index contributed by atoms with van der Waals surface area (Å²) in [5.41, 5.74) is 1.71. The molecular weight excluding hydrogens is 322 g/mol. The van der Waals surface area contributed by atoms with Crippen molar-refractivity contribution in [1.29, 1.82) is 0 Å². The van der Waals surface area contributed by atoms with E-state index in [0.717, 1.165) is 10.5 Å². The molecule has 112 valence electrons. The van der Waals surface area contributed by atoms with Crippen molar-refractivity contribution in [3.05, 3.63) is 58.6 Å². The largest absolute Gasteiger partial charge is 0.478 e. The number of anilines is 1. The van der Waals surface area contributed by atoms with Gasteiger partial charge in [-0.2, -0.15) is 0 Å². The van der Waals surface area contributed by atoms with Crippen LogP contribution in [0.25, 0.3) is 0 Å². The van der Waals surface area contributed by atoms with Gasteiger partial charge in [-0.15, -0.1) is 11.8 Å². The molecule has 1 aliphatic heterocycles. The number of hydrogen-bond donors (Lipinski definition) is 1. The highest BCUT2D eigenvalue weighted by Gasteiger charge is 2.25. The number of rotatable bonds is 3. The zero-order valence-electron chi connectivity index (χ0n) is 11.5. The Hall–Kier alpha value is -1.98. The normalized spacial score (nSPS) is 13.9. The lowest BCUT2D eigenvalue weighted by molar-refractivity contribution is -0.116. The SMILES string of the molecule is O=C(O)c1ccc2c(c1)N(Cc1cccc(Cl)c1)C(=O)CS2. The second kappa shape index (κ2) is 6.02. The van der Waals surface area contributed by atoms with Crippen molar-refractivity contribution >= 4 is 40.9 Å². The molecule has 0 unspecified atom stereocenters. The van der Waals surface area contributed by atoms with E-state index in [0.29, 0.717) is 23.0 Å². The fourth-order valence-corrected chi connectivity index (χ4v) is 3.46. The highest BCUT2D eigenvalue weighted by molar-refractivity contribution is 8.00. The topological polar surface area (TPSA) is 57.6 Å². The number of benzene rings is 2. The van der Waals surface area contributed by atoms with Crippen molar-refractivity contribution < 1.29 is 14.7 Å². The van der Waals surface area contributed by atoms with Gasteiger partial charge in [-0.3, -0.25) is 4.79 Å². The monoisotopic (exact) mass is 333 g/mol. The van der Waals surface area contributed by atoms with Gasteiger partial charge in [0, 0.05) is 9.92 Å². The lowest BCUT2D eigenvalue weighted by Gasteiger charge is -2.29. The lowest BCUT2D eigenvalue weighted by Crippen LogP contribution is -2.35. The molecule has 2 aromatic carbocycles. The summed E-state index contributed by atoms with van der Waals surface area (Å²) in [6.45, 7) is 0.371. The van der Waals surface area contributed by atoms with E-state index in [4.69, 9.17) is 16.7 Å². The fraction of sp³-hybridized carbons (Fsp3) is 0.125. The second-order valence-electron chi connectivity index (χ2n) is 4.89. The molecule has 4 nitrogen and oxygen atoms in total. The first-order valence-corrected chi connectivity index (χ1v) is 7.96. The first-order chi connectivity index (χ1) is 10.5. The van der Waals surface area contributed by atoms with Crippen LogP contribution in [0.5, 0.6) is 0 Å². The van der Waals surface area contributed by atoms with Gasteiger partial charge in [0.15, 0.2) is 0 Å². The number of carboxylic acids is 1. The summed E-state index contributed by atoms with van der Waals surface area (Å²) >= 11 is 7.41. The number of amides is 1. The van der Waals surface area contributed by atoms with E-state index < -0.39 is 5.97 Å². The van der Waals surface area contributed by atoms with Gasteiger partial charge in [-0.05, 0) is 35.9 Å². The van der Waals surface area contributed by atoms with E-state index in [-0.39, 0.29) is 11.5 Å². The predicted octanol–water partition coefficient (Wildman–Crippen LogP) is 3.68. The molecule has 0 saturated carbocycles. The van der Waals surface area contributed by atoms with Crippen molar-refractivity contribution in [2.45, 2.75) is 11.4 Å². The molecular formula is C16H12ClNO3S. The number of carbonyl (C=O) groups is 2. The van der Waals surface area contributed by atoms with Crippen molar-refractivity contribution in [3.63, 3.8) is 0 Å². The van der Waals surface area contributed by atoms with Gasteiger partial charge in [0.25, 0.3) is 0 Å². The van der Waals surface area contributed by atoms with E-state index in [1.165, 1.54) is 11.8 Å². The molecule has 0 spiro atoms. The molecule has 6 heteroatoms. The minimum atomic E-state index is -1.01. The highest BCUT2D eigenvalue weighted by atomic mass is 35.5. The Labute approximate surface area is 136 Å². The standard InChI is InChI=1S/C16H12ClNO3S/c17-12-3-1-2-10(6-12)8-18-13-7-11(16(20)21)4-5-14(13)22-9-15(18)19/h1-7H,8-9H2,(H,20,21). The molecule has 1 aliphatic rings. The molecule has 0 aliphatic carbocycles.